The number of hydrogen-bond donors (Lipinski definition) is 1. The summed E-state index contributed by atoms with van der Waals surface area (Å²) in [5.41, 5.74) is 0.423. The summed E-state index contributed by atoms with van der Waals surface area (Å²) in [5.74, 6) is -1.20. The van der Waals surface area contributed by atoms with Crippen molar-refractivity contribution in [2.24, 2.45) is 5.92 Å². The predicted octanol–water partition coefficient (Wildman–Crippen LogP) is 2.93. The molecule has 0 bridgehead atoms. The molecule has 1 N–H and O–H groups in total. The van der Waals surface area contributed by atoms with Crippen molar-refractivity contribution in [3.05, 3.63) is 34.9 Å². The van der Waals surface area contributed by atoms with Crippen molar-refractivity contribution < 1.29 is 14.7 Å². The zero-order valence-corrected chi connectivity index (χ0v) is 10.2. The number of carbonyl (C=O) groups is 2. The van der Waals surface area contributed by atoms with Crippen LogP contribution in [-0.2, 0) is 4.79 Å². The zero-order valence-electron chi connectivity index (χ0n) is 8.64. The SMILES string of the molecule is C[C@@H](CSC(=O)c1ccccc1Cl)C(=O)O. The first-order valence-corrected chi connectivity index (χ1v) is 6.03. The van der Waals surface area contributed by atoms with E-state index in [0.29, 0.717) is 10.6 Å². The van der Waals surface area contributed by atoms with E-state index >= 15 is 0 Å². The second kappa shape index (κ2) is 5.92. The van der Waals surface area contributed by atoms with Gasteiger partial charge in [-0.05, 0) is 12.1 Å². The molecule has 0 radical (unpaired) electrons. The van der Waals surface area contributed by atoms with Crippen molar-refractivity contribution in [3.8, 4) is 0 Å². The van der Waals surface area contributed by atoms with Gasteiger partial charge < -0.3 is 5.11 Å². The molecule has 0 saturated heterocycles. The Labute approximate surface area is 103 Å². The van der Waals surface area contributed by atoms with E-state index < -0.39 is 11.9 Å². The van der Waals surface area contributed by atoms with Gasteiger partial charge in [-0.2, -0.15) is 0 Å². The van der Waals surface area contributed by atoms with Crippen LogP contribution in [0.2, 0.25) is 5.02 Å². The third kappa shape index (κ3) is 3.54. The minimum Gasteiger partial charge on any atom is -0.481 e. The molecule has 16 heavy (non-hydrogen) atoms. The molecule has 0 heterocycles. The van der Waals surface area contributed by atoms with Crippen molar-refractivity contribution in [2.75, 3.05) is 5.75 Å². The van der Waals surface area contributed by atoms with Gasteiger partial charge in [-0.25, -0.2) is 0 Å². The van der Waals surface area contributed by atoms with Crippen LogP contribution in [0.3, 0.4) is 0 Å². The van der Waals surface area contributed by atoms with Gasteiger partial charge in [0.05, 0.1) is 10.9 Å². The number of carboxylic acids is 1. The van der Waals surface area contributed by atoms with Crippen molar-refractivity contribution in [3.63, 3.8) is 0 Å². The second-order valence-corrected chi connectivity index (χ2v) is 4.72. The molecule has 0 aliphatic carbocycles. The molecule has 0 unspecified atom stereocenters. The van der Waals surface area contributed by atoms with Crippen LogP contribution >= 0.6 is 23.4 Å². The number of benzene rings is 1. The van der Waals surface area contributed by atoms with E-state index in [0.717, 1.165) is 11.8 Å². The highest BCUT2D eigenvalue weighted by Crippen LogP contribution is 2.22. The minimum absolute atomic E-state index is 0.196. The fourth-order valence-electron chi connectivity index (χ4n) is 0.976. The first kappa shape index (κ1) is 13.1. The summed E-state index contributed by atoms with van der Waals surface area (Å²) in [5, 5.41) is 8.87. The molecule has 1 rings (SSSR count). The van der Waals surface area contributed by atoms with Crippen molar-refractivity contribution in [1.82, 2.24) is 0 Å². The average Bonchev–Trinajstić information content (AvgIpc) is 2.25. The molecular weight excluding hydrogens is 248 g/mol. The lowest BCUT2D eigenvalue weighted by molar-refractivity contribution is -0.140. The lowest BCUT2D eigenvalue weighted by Crippen LogP contribution is -2.13. The zero-order chi connectivity index (χ0) is 12.1. The highest BCUT2D eigenvalue weighted by atomic mass is 35.5. The normalized spacial score (nSPS) is 12.1. The summed E-state index contributed by atoms with van der Waals surface area (Å²) in [6.45, 7) is 1.56. The predicted molar refractivity (Wildman–Crippen MR) is 65.0 cm³/mol. The molecule has 0 fully saturated rings. The molecular formula is C11H11ClO3S. The molecule has 5 heteroatoms. The molecule has 0 aliphatic rings. The molecule has 1 atom stereocenters. The van der Waals surface area contributed by atoms with Gasteiger partial charge in [0.2, 0.25) is 5.12 Å². The summed E-state index contributed by atoms with van der Waals surface area (Å²) >= 11 is 6.82. The smallest absolute Gasteiger partial charge is 0.307 e. The molecule has 0 spiro atoms. The number of carboxylic acid groups (broad SMARTS) is 1. The Balaban J connectivity index is 2.60. The number of halogens is 1. The highest BCUT2D eigenvalue weighted by Gasteiger charge is 2.15. The summed E-state index contributed by atoms with van der Waals surface area (Å²) in [6.07, 6.45) is 0. The van der Waals surface area contributed by atoms with Gasteiger partial charge in [-0.15, -0.1) is 0 Å². The van der Waals surface area contributed by atoms with Crippen LogP contribution in [0, 0.1) is 5.92 Å². The molecule has 0 aromatic heterocycles. The van der Waals surface area contributed by atoms with Crippen LogP contribution in [0.15, 0.2) is 24.3 Å². The van der Waals surface area contributed by atoms with Crippen LogP contribution < -0.4 is 0 Å². The molecule has 86 valence electrons. The molecule has 0 aliphatic heterocycles. The maximum absolute atomic E-state index is 11.7. The van der Waals surface area contributed by atoms with Gasteiger partial charge in [-0.3, -0.25) is 9.59 Å². The number of aliphatic carboxylic acids is 1. The summed E-state index contributed by atoms with van der Waals surface area (Å²) in [4.78, 5) is 22.2. The molecule has 1 aromatic rings. The number of hydrogen-bond acceptors (Lipinski definition) is 3. The monoisotopic (exact) mass is 258 g/mol. The van der Waals surface area contributed by atoms with Crippen LogP contribution in [0.1, 0.15) is 17.3 Å². The second-order valence-electron chi connectivity index (χ2n) is 3.32. The average molecular weight is 259 g/mol. The fourth-order valence-corrected chi connectivity index (χ4v) is 2.13. The van der Waals surface area contributed by atoms with Gasteiger partial charge >= 0.3 is 5.97 Å². The van der Waals surface area contributed by atoms with Crippen molar-refractivity contribution >= 4 is 34.4 Å². The Bertz CT molecular complexity index is 406. The summed E-state index contributed by atoms with van der Waals surface area (Å²) in [7, 11) is 0. The van der Waals surface area contributed by atoms with Crippen molar-refractivity contribution in [2.45, 2.75) is 6.92 Å². The van der Waals surface area contributed by atoms with E-state index in [1.165, 1.54) is 0 Å². The van der Waals surface area contributed by atoms with Gasteiger partial charge in [0.25, 0.3) is 0 Å². The third-order valence-electron chi connectivity index (χ3n) is 1.98. The van der Waals surface area contributed by atoms with E-state index in [-0.39, 0.29) is 10.9 Å². The largest absolute Gasteiger partial charge is 0.481 e. The van der Waals surface area contributed by atoms with Crippen LogP contribution in [0.5, 0.6) is 0 Å². The highest BCUT2D eigenvalue weighted by molar-refractivity contribution is 8.14. The van der Waals surface area contributed by atoms with E-state index in [4.69, 9.17) is 16.7 Å². The molecule has 3 nitrogen and oxygen atoms in total. The van der Waals surface area contributed by atoms with E-state index in [9.17, 15) is 9.59 Å². The lowest BCUT2D eigenvalue weighted by atomic mass is 10.2. The minimum atomic E-state index is -0.903. The van der Waals surface area contributed by atoms with Crippen LogP contribution in [-0.4, -0.2) is 21.9 Å². The Morgan fingerprint density at radius 2 is 2.06 bits per heavy atom. The van der Waals surface area contributed by atoms with Crippen molar-refractivity contribution in [1.29, 1.82) is 0 Å². The van der Waals surface area contributed by atoms with Gasteiger partial charge in [0, 0.05) is 11.3 Å². The number of carbonyl (C=O) groups excluding carboxylic acids is 1. The third-order valence-corrected chi connectivity index (χ3v) is 3.46. The summed E-state index contributed by atoms with van der Waals surface area (Å²) in [6, 6.07) is 6.73. The topological polar surface area (TPSA) is 54.4 Å². The van der Waals surface area contributed by atoms with Gasteiger partial charge in [0.15, 0.2) is 0 Å². The van der Waals surface area contributed by atoms with Crippen LogP contribution in [0.4, 0.5) is 0 Å². The van der Waals surface area contributed by atoms with Gasteiger partial charge in [0.1, 0.15) is 0 Å². The maximum Gasteiger partial charge on any atom is 0.307 e. The van der Waals surface area contributed by atoms with E-state index in [2.05, 4.69) is 0 Å². The Hall–Kier alpha value is -1.00. The molecule has 1 aromatic carbocycles. The number of rotatable bonds is 4. The van der Waals surface area contributed by atoms with E-state index in [1.807, 2.05) is 0 Å². The summed E-state index contributed by atoms with van der Waals surface area (Å²) < 4.78 is 0. The Morgan fingerprint density at radius 1 is 1.44 bits per heavy atom. The van der Waals surface area contributed by atoms with Gasteiger partial charge in [-0.1, -0.05) is 42.4 Å². The van der Waals surface area contributed by atoms with Crippen LogP contribution in [0.25, 0.3) is 0 Å². The quantitative estimate of drug-likeness (QED) is 0.902. The van der Waals surface area contributed by atoms with E-state index in [1.54, 1.807) is 31.2 Å². The Morgan fingerprint density at radius 3 is 2.62 bits per heavy atom. The Kier molecular flexibility index (Phi) is 4.83. The molecule has 0 saturated carbocycles. The maximum atomic E-state index is 11.7. The first-order chi connectivity index (χ1) is 7.52. The number of thioether (sulfide) groups is 1. The fraction of sp³-hybridized carbons (Fsp3) is 0.273. The molecule has 0 amide bonds. The first-order valence-electron chi connectivity index (χ1n) is 4.67. The standard InChI is InChI=1S/C11H11ClO3S/c1-7(10(13)14)6-16-11(15)8-4-2-3-5-9(8)12/h2-5,7H,6H2,1H3,(H,13,14)/t7-/m0/s1. The lowest BCUT2D eigenvalue weighted by Gasteiger charge is -2.05.